The molecule has 0 aromatic carbocycles. The molecular weight excluding hydrogens is 367 g/mol. The average Bonchev–Trinajstić information content (AvgIpc) is 2.65. The Morgan fingerprint density at radius 2 is 1.88 bits per heavy atom. The van der Waals surface area contributed by atoms with Gasteiger partial charge in [0.05, 0.1) is 0 Å². The van der Waals surface area contributed by atoms with Gasteiger partial charge in [0.2, 0.25) is 0 Å². The van der Waals surface area contributed by atoms with Crippen LogP contribution in [0.5, 0.6) is 0 Å². The molecule has 2 heterocycles. The summed E-state index contributed by atoms with van der Waals surface area (Å²) >= 11 is 6.42. The van der Waals surface area contributed by atoms with Crippen LogP contribution in [-0.4, -0.2) is 15.2 Å². The molecule has 90 valence electrons. The minimum atomic E-state index is -4.44. The lowest BCUT2D eigenvalue weighted by atomic mass is 10.2. The number of hydrogen-bond acceptors (Lipinski definition) is 2. The first-order valence-corrected chi connectivity index (χ1v) is 5.90. The van der Waals surface area contributed by atoms with Crippen LogP contribution < -0.4 is 0 Å². The van der Waals surface area contributed by atoms with Crippen molar-refractivity contribution in [3.63, 3.8) is 0 Å². The van der Waals surface area contributed by atoms with Gasteiger partial charge in [-0.15, -0.1) is 0 Å². The molecule has 0 aliphatic carbocycles. The molecule has 17 heavy (non-hydrogen) atoms. The van der Waals surface area contributed by atoms with Crippen molar-refractivity contribution in [1.29, 1.82) is 0 Å². The van der Waals surface area contributed by atoms with Crippen LogP contribution >= 0.6 is 31.9 Å². The molecule has 3 nitrogen and oxygen atoms in total. The summed E-state index contributed by atoms with van der Waals surface area (Å²) in [7, 11) is 0. The van der Waals surface area contributed by atoms with E-state index >= 15 is 0 Å². The summed E-state index contributed by atoms with van der Waals surface area (Å²) in [4.78, 5) is 4.00. The molecule has 1 N–H and O–H groups in total. The maximum Gasteiger partial charge on any atom is 0.432 e. The number of pyridine rings is 1. The molecule has 0 aliphatic rings. The maximum absolute atomic E-state index is 12.4. The highest BCUT2D eigenvalue weighted by atomic mass is 79.9. The lowest BCUT2D eigenvalue weighted by Gasteiger charge is -2.01. The number of hydrogen-bond donors (Lipinski definition) is 1. The smallest absolute Gasteiger partial charge is 0.273 e. The minimum absolute atomic E-state index is 0.136. The Kier molecular flexibility index (Phi) is 3.26. The number of aromatic nitrogens is 3. The van der Waals surface area contributed by atoms with Gasteiger partial charge in [-0.1, -0.05) is 0 Å². The van der Waals surface area contributed by atoms with Crippen LogP contribution in [0.15, 0.2) is 27.3 Å². The highest BCUT2D eigenvalue weighted by Gasteiger charge is 2.33. The number of halogens is 5. The van der Waals surface area contributed by atoms with E-state index < -0.39 is 11.9 Å². The Morgan fingerprint density at radius 3 is 2.41 bits per heavy atom. The largest absolute Gasteiger partial charge is 0.432 e. The van der Waals surface area contributed by atoms with E-state index in [1.54, 1.807) is 6.07 Å². The molecule has 0 unspecified atom stereocenters. The summed E-state index contributed by atoms with van der Waals surface area (Å²) in [6, 6.07) is 2.60. The highest BCUT2D eigenvalue weighted by molar-refractivity contribution is 9.11. The monoisotopic (exact) mass is 369 g/mol. The van der Waals surface area contributed by atoms with E-state index in [1.165, 1.54) is 6.20 Å². The fraction of sp³-hybridized carbons (Fsp3) is 0.111. The normalized spacial score (nSPS) is 11.8. The van der Waals surface area contributed by atoms with Crippen molar-refractivity contribution in [2.45, 2.75) is 6.18 Å². The first kappa shape index (κ1) is 12.6. The summed E-state index contributed by atoms with van der Waals surface area (Å²) in [6.07, 6.45) is -2.95. The van der Waals surface area contributed by atoms with Crippen LogP contribution in [0, 0.1) is 0 Å². The number of H-pyrrole nitrogens is 1. The number of rotatable bonds is 1. The molecule has 2 aromatic heterocycles. The van der Waals surface area contributed by atoms with E-state index in [0.29, 0.717) is 10.2 Å². The van der Waals surface area contributed by atoms with Gasteiger partial charge in [-0.25, -0.2) is 0 Å². The average molecular weight is 371 g/mol. The second-order valence-corrected chi connectivity index (χ2v) is 4.92. The molecule has 0 radical (unpaired) electrons. The molecule has 8 heteroatoms. The van der Waals surface area contributed by atoms with E-state index in [4.69, 9.17) is 0 Å². The van der Waals surface area contributed by atoms with Gasteiger partial charge in [0.25, 0.3) is 0 Å². The maximum atomic E-state index is 12.4. The van der Waals surface area contributed by atoms with Crippen LogP contribution in [-0.2, 0) is 6.18 Å². The predicted octanol–water partition coefficient (Wildman–Crippen LogP) is 4.02. The molecule has 0 amide bonds. The molecule has 0 saturated heterocycles. The molecule has 0 fully saturated rings. The second-order valence-electron chi connectivity index (χ2n) is 3.15. The Hall–Kier alpha value is -0.890. The van der Waals surface area contributed by atoms with E-state index in [1.807, 2.05) is 5.10 Å². The van der Waals surface area contributed by atoms with Crippen molar-refractivity contribution in [1.82, 2.24) is 15.2 Å². The summed E-state index contributed by atoms with van der Waals surface area (Å²) in [5.41, 5.74) is -0.416. The topological polar surface area (TPSA) is 41.6 Å². The first-order valence-electron chi connectivity index (χ1n) is 4.32. The van der Waals surface area contributed by atoms with Gasteiger partial charge in [0.15, 0.2) is 0 Å². The molecule has 0 bridgehead atoms. The van der Waals surface area contributed by atoms with Crippen LogP contribution in [0.3, 0.4) is 0 Å². The molecule has 0 saturated carbocycles. The van der Waals surface area contributed by atoms with Crippen molar-refractivity contribution in [2.24, 2.45) is 0 Å². The molecule has 0 atom stereocenters. The fourth-order valence-electron chi connectivity index (χ4n) is 1.19. The van der Waals surface area contributed by atoms with Crippen molar-refractivity contribution < 1.29 is 13.2 Å². The van der Waals surface area contributed by atoms with Gasteiger partial charge >= 0.3 is 6.18 Å². The van der Waals surface area contributed by atoms with E-state index in [0.717, 1.165) is 10.5 Å². The van der Waals surface area contributed by atoms with Gasteiger partial charge in [-0.3, -0.25) is 10.1 Å². The lowest BCUT2D eigenvalue weighted by Crippen LogP contribution is -2.04. The third kappa shape index (κ3) is 2.68. The first-order chi connectivity index (χ1) is 7.88. The second kappa shape index (κ2) is 4.41. The quantitative estimate of drug-likeness (QED) is 0.823. The molecule has 0 aliphatic heterocycles. The third-order valence-corrected chi connectivity index (χ3v) is 2.97. The van der Waals surface area contributed by atoms with E-state index in [9.17, 15) is 13.2 Å². The Bertz CT molecular complexity index is 551. The zero-order chi connectivity index (χ0) is 12.6. The minimum Gasteiger partial charge on any atom is -0.273 e. The van der Waals surface area contributed by atoms with E-state index in [2.05, 4.69) is 41.9 Å². The van der Waals surface area contributed by atoms with Crippen molar-refractivity contribution >= 4 is 31.9 Å². The zero-order valence-electron chi connectivity index (χ0n) is 8.02. The summed E-state index contributed by atoms with van der Waals surface area (Å²) < 4.78 is 38.4. The SMILES string of the molecule is FC(F)(F)c1cc(-c2ncc(Br)cc2Br)n[nH]1. The van der Waals surface area contributed by atoms with Crippen molar-refractivity contribution in [3.05, 3.63) is 33.0 Å². The summed E-state index contributed by atoms with van der Waals surface area (Å²) in [6.45, 7) is 0. The lowest BCUT2D eigenvalue weighted by molar-refractivity contribution is -0.141. The highest BCUT2D eigenvalue weighted by Crippen LogP contribution is 2.32. The van der Waals surface area contributed by atoms with Gasteiger partial charge in [0, 0.05) is 15.1 Å². The molecule has 0 spiro atoms. The third-order valence-electron chi connectivity index (χ3n) is 1.93. The number of alkyl halides is 3. The number of nitrogens with one attached hydrogen (secondary N) is 1. The Balaban J connectivity index is 2.44. The standard InChI is InChI=1S/C9H4Br2F3N3/c10-4-1-5(11)8(15-3-4)6-2-7(17-16-6)9(12,13)14/h1-3H,(H,16,17). The number of nitrogens with zero attached hydrogens (tertiary/aromatic N) is 2. The Morgan fingerprint density at radius 1 is 1.18 bits per heavy atom. The molecule has 2 rings (SSSR count). The number of aromatic amines is 1. The van der Waals surface area contributed by atoms with Crippen LogP contribution in [0.25, 0.3) is 11.4 Å². The molecular formula is C9H4Br2F3N3. The van der Waals surface area contributed by atoms with Gasteiger partial charge in [0.1, 0.15) is 17.1 Å². The molecule has 2 aromatic rings. The van der Waals surface area contributed by atoms with Crippen molar-refractivity contribution in [2.75, 3.05) is 0 Å². The van der Waals surface area contributed by atoms with Crippen molar-refractivity contribution in [3.8, 4) is 11.4 Å². The predicted molar refractivity (Wildman–Crippen MR) is 62.2 cm³/mol. The van der Waals surface area contributed by atoms with Gasteiger partial charge < -0.3 is 0 Å². The van der Waals surface area contributed by atoms with Crippen LogP contribution in [0.1, 0.15) is 5.69 Å². The summed E-state index contributed by atoms with van der Waals surface area (Å²) in [5, 5.41) is 5.53. The Labute approximate surface area is 111 Å². The van der Waals surface area contributed by atoms with Gasteiger partial charge in [-0.05, 0) is 44.0 Å². The van der Waals surface area contributed by atoms with Crippen LogP contribution in [0.2, 0.25) is 0 Å². The van der Waals surface area contributed by atoms with Crippen LogP contribution in [0.4, 0.5) is 13.2 Å². The fourth-order valence-corrected chi connectivity index (χ4v) is 2.38. The summed E-state index contributed by atoms with van der Waals surface area (Å²) in [5.74, 6) is 0. The van der Waals surface area contributed by atoms with E-state index in [-0.39, 0.29) is 5.69 Å². The zero-order valence-corrected chi connectivity index (χ0v) is 11.2. The van der Waals surface area contributed by atoms with Gasteiger partial charge in [-0.2, -0.15) is 18.3 Å².